The van der Waals surface area contributed by atoms with Crippen molar-refractivity contribution < 1.29 is 5.11 Å². The number of aliphatic hydroxyl groups excluding tert-OH is 1. The number of aliphatic hydroxyl groups is 1. The summed E-state index contributed by atoms with van der Waals surface area (Å²) in [6, 6.07) is 4.17. The van der Waals surface area contributed by atoms with Crippen molar-refractivity contribution in [2.45, 2.75) is 19.8 Å². The lowest BCUT2D eigenvalue weighted by Crippen LogP contribution is -1.94. The number of aryl methyl sites for hydroxylation is 1. The molecule has 1 nitrogen and oxygen atoms in total. The lowest BCUT2D eigenvalue weighted by molar-refractivity contribution is 0.274. The molecule has 0 aliphatic heterocycles. The molecule has 1 N–H and O–H groups in total. The van der Waals surface area contributed by atoms with Crippen LogP contribution in [0.25, 0.3) is 0 Å². The fourth-order valence-electron chi connectivity index (χ4n) is 0.808. The van der Waals surface area contributed by atoms with E-state index in [2.05, 4.69) is 19.1 Å². The van der Waals surface area contributed by atoms with Gasteiger partial charge in [0, 0.05) is 15.7 Å². The number of hydrogen-bond donors (Lipinski definition) is 1. The summed E-state index contributed by atoms with van der Waals surface area (Å²) in [6.45, 7) is 4.36. The van der Waals surface area contributed by atoms with E-state index in [1.807, 2.05) is 6.92 Å². The van der Waals surface area contributed by atoms with Gasteiger partial charge in [-0.05, 0) is 19.1 Å². The van der Waals surface area contributed by atoms with Crippen LogP contribution < -0.4 is 0 Å². The molecule has 0 amide bonds. The van der Waals surface area contributed by atoms with Crippen LogP contribution in [0, 0.1) is 6.92 Å². The molecule has 0 spiro atoms. The second-order valence-electron chi connectivity index (χ2n) is 2.53. The second-order valence-corrected chi connectivity index (χ2v) is 3.85. The molecule has 0 aromatic carbocycles. The maximum absolute atomic E-state index is 8.80. The van der Waals surface area contributed by atoms with Gasteiger partial charge in [0.2, 0.25) is 0 Å². The van der Waals surface area contributed by atoms with Crippen molar-refractivity contribution in [1.29, 1.82) is 0 Å². The molecular formula is C8H12OS. The van der Waals surface area contributed by atoms with Crippen LogP contribution in [0.5, 0.6) is 0 Å². The van der Waals surface area contributed by atoms with Crippen molar-refractivity contribution >= 4 is 11.3 Å². The summed E-state index contributed by atoms with van der Waals surface area (Å²) in [6.07, 6.45) is 0. The second kappa shape index (κ2) is 3.17. The molecule has 1 unspecified atom stereocenters. The van der Waals surface area contributed by atoms with Crippen molar-refractivity contribution in [2.24, 2.45) is 0 Å². The molecule has 0 aliphatic carbocycles. The normalized spacial score (nSPS) is 13.5. The van der Waals surface area contributed by atoms with Gasteiger partial charge >= 0.3 is 0 Å². The van der Waals surface area contributed by atoms with Crippen molar-refractivity contribution in [2.75, 3.05) is 6.61 Å². The maximum atomic E-state index is 8.80. The molecule has 0 aliphatic rings. The third-order valence-corrected chi connectivity index (χ3v) is 2.75. The summed E-state index contributed by atoms with van der Waals surface area (Å²) in [7, 11) is 0. The van der Waals surface area contributed by atoms with E-state index >= 15 is 0 Å². The van der Waals surface area contributed by atoms with Crippen LogP contribution in [-0.2, 0) is 0 Å². The number of rotatable bonds is 2. The van der Waals surface area contributed by atoms with Gasteiger partial charge in [-0.15, -0.1) is 11.3 Å². The van der Waals surface area contributed by atoms with E-state index in [0.717, 1.165) is 0 Å². The minimum atomic E-state index is 0.250. The highest BCUT2D eigenvalue weighted by Gasteiger charge is 2.04. The van der Waals surface area contributed by atoms with Crippen molar-refractivity contribution in [1.82, 2.24) is 0 Å². The van der Waals surface area contributed by atoms with Gasteiger partial charge in [0.05, 0.1) is 6.61 Å². The fourth-order valence-corrected chi connectivity index (χ4v) is 1.73. The van der Waals surface area contributed by atoms with Gasteiger partial charge in [0.25, 0.3) is 0 Å². The van der Waals surface area contributed by atoms with E-state index < -0.39 is 0 Å². The van der Waals surface area contributed by atoms with Gasteiger partial charge in [-0.3, -0.25) is 0 Å². The summed E-state index contributed by atoms with van der Waals surface area (Å²) in [4.78, 5) is 2.59. The van der Waals surface area contributed by atoms with Gasteiger partial charge in [0.15, 0.2) is 0 Å². The van der Waals surface area contributed by atoms with Crippen LogP contribution in [-0.4, -0.2) is 11.7 Å². The molecule has 1 rings (SSSR count). The van der Waals surface area contributed by atoms with Gasteiger partial charge in [-0.1, -0.05) is 6.92 Å². The molecule has 0 saturated heterocycles. The Labute approximate surface area is 65.3 Å². The molecule has 1 aromatic heterocycles. The lowest BCUT2D eigenvalue weighted by Gasteiger charge is -2.01. The predicted molar refractivity (Wildman–Crippen MR) is 44.6 cm³/mol. The highest BCUT2D eigenvalue weighted by molar-refractivity contribution is 7.12. The summed E-state index contributed by atoms with van der Waals surface area (Å²) < 4.78 is 0. The molecule has 0 bridgehead atoms. The minimum absolute atomic E-state index is 0.250. The third kappa shape index (κ3) is 1.58. The first kappa shape index (κ1) is 7.76. The molecule has 1 aromatic rings. The molecule has 0 radical (unpaired) electrons. The lowest BCUT2D eigenvalue weighted by atomic mass is 10.1. The molecule has 1 heterocycles. The quantitative estimate of drug-likeness (QED) is 0.695. The Morgan fingerprint density at radius 1 is 1.60 bits per heavy atom. The average Bonchev–Trinajstić information content (AvgIpc) is 2.34. The largest absolute Gasteiger partial charge is 0.396 e. The Bertz CT molecular complexity index is 205. The highest BCUT2D eigenvalue weighted by atomic mass is 32.1. The molecule has 2 heteroatoms. The van der Waals surface area contributed by atoms with E-state index in [1.165, 1.54) is 9.75 Å². The number of hydrogen-bond acceptors (Lipinski definition) is 2. The third-order valence-electron chi connectivity index (χ3n) is 1.52. The van der Waals surface area contributed by atoms with Gasteiger partial charge in [-0.25, -0.2) is 0 Å². The summed E-state index contributed by atoms with van der Waals surface area (Å²) in [5.41, 5.74) is 0. The fraction of sp³-hybridized carbons (Fsp3) is 0.500. The van der Waals surface area contributed by atoms with E-state index in [-0.39, 0.29) is 6.61 Å². The molecular weight excluding hydrogens is 144 g/mol. The van der Waals surface area contributed by atoms with Crippen molar-refractivity contribution in [3.05, 3.63) is 21.9 Å². The first-order chi connectivity index (χ1) is 4.74. The SMILES string of the molecule is Cc1ccc(C(C)CO)s1. The molecule has 0 fully saturated rings. The van der Waals surface area contributed by atoms with Gasteiger partial charge in [0.1, 0.15) is 0 Å². The van der Waals surface area contributed by atoms with Gasteiger partial charge in [-0.2, -0.15) is 0 Å². The first-order valence-corrected chi connectivity index (χ1v) is 4.23. The Balaban J connectivity index is 2.74. The molecule has 1 atom stereocenters. The Kier molecular flexibility index (Phi) is 2.46. The standard InChI is InChI=1S/C8H12OS/c1-6(5-9)8-4-3-7(2)10-8/h3-4,6,9H,5H2,1-2H3. The zero-order valence-corrected chi connectivity index (χ0v) is 7.11. The summed E-state index contributed by atoms with van der Waals surface area (Å²) in [5.74, 6) is 0.304. The topological polar surface area (TPSA) is 20.2 Å². The van der Waals surface area contributed by atoms with Crippen molar-refractivity contribution in [3.63, 3.8) is 0 Å². The van der Waals surface area contributed by atoms with E-state index in [9.17, 15) is 0 Å². The van der Waals surface area contributed by atoms with Crippen LogP contribution in [0.3, 0.4) is 0 Å². The summed E-state index contributed by atoms with van der Waals surface area (Å²) >= 11 is 1.76. The van der Waals surface area contributed by atoms with Crippen LogP contribution >= 0.6 is 11.3 Å². The van der Waals surface area contributed by atoms with E-state index in [1.54, 1.807) is 11.3 Å². The predicted octanol–water partition coefficient (Wildman–Crippen LogP) is 2.15. The van der Waals surface area contributed by atoms with Crippen LogP contribution in [0.1, 0.15) is 22.6 Å². The maximum Gasteiger partial charge on any atom is 0.0504 e. The zero-order chi connectivity index (χ0) is 7.56. The molecule has 10 heavy (non-hydrogen) atoms. The summed E-state index contributed by atoms with van der Waals surface area (Å²) in [5, 5.41) is 8.80. The first-order valence-electron chi connectivity index (χ1n) is 3.41. The average molecular weight is 156 g/mol. The smallest absolute Gasteiger partial charge is 0.0504 e. The zero-order valence-electron chi connectivity index (χ0n) is 6.29. The Morgan fingerprint density at radius 2 is 2.30 bits per heavy atom. The molecule has 0 saturated carbocycles. The van der Waals surface area contributed by atoms with E-state index in [4.69, 9.17) is 5.11 Å². The van der Waals surface area contributed by atoms with Crippen LogP contribution in [0.4, 0.5) is 0 Å². The monoisotopic (exact) mass is 156 g/mol. The minimum Gasteiger partial charge on any atom is -0.396 e. The van der Waals surface area contributed by atoms with Crippen LogP contribution in [0.2, 0.25) is 0 Å². The Morgan fingerprint density at radius 3 is 2.70 bits per heavy atom. The molecule has 56 valence electrons. The Hall–Kier alpha value is -0.340. The number of thiophene rings is 1. The highest BCUT2D eigenvalue weighted by Crippen LogP contribution is 2.23. The van der Waals surface area contributed by atoms with Crippen LogP contribution in [0.15, 0.2) is 12.1 Å². The van der Waals surface area contributed by atoms with Crippen molar-refractivity contribution in [3.8, 4) is 0 Å². The van der Waals surface area contributed by atoms with Gasteiger partial charge < -0.3 is 5.11 Å². The van der Waals surface area contributed by atoms with E-state index in [0.29, 0.717) is 5.92 Å².